The van der Waals surface area contributed by atoms with Gasteiger partial charge in [0.15, 0.2) is 0 Å². The molecule has 0 aliphatic carbocycles. The smallest absolute Gasteiger partial charge is 0.333 e. The van der Waals surface area contributed by atoms with Gasteiger partial charge in [-0.3, -0.25) is 0 Å². The molecule has 3 unspecified atom stereocenters. The number of carbonyl (C=O) groups is 1. The van der Waals surface area contributed by atoms with Crippen LogP contribution in [-0.2, 0) is 9.53 Å². The number of hydrogen-bond donors (Lipinski definition) is 0. The van der Waals surface area contributed by atoms with Crippen LogP contribution in [0.15, 0.2) is 12.2 Å². The highest BCUT2D eigenvalue weighted by molar-refractivity contribution is 5.86. The van der Waals surface area contributed by atoms with Crippen LogP contribution in [0.5, 0.6) is 0 Å². The molecule has 0 saturated heterocycles. The second-order valence-electron chi connectivity index (χ2n) is 11.4. The van der Waals surface area contributed by atoms with Crippen LogP contribution in [0.25, 0.3) is 0 Å². The van der Waals surface area contributed by atoms with Gasteiger partial charge in [0.25, 0.3) is 0 Å². The Hall–Kier alpha value is -0.790. The van der Waals surface area contributed by atoms with E-state index in [4.69, 9.17) is 4.74 Å². The third kappa shape index (κ3) is 21.7. The number of hydrogen-bond acceptors (Lipinski definition) is 2. The summed E-state index contributed by atoms with van der Waals surface area (Å²) in [6, 6.07) is 0. The van der Waals surface area contributed by atoms with Crippen LogP contribution >= 0.6 is 0 Å². The number of unbranched alkanes of at least 4 members (excludes halogenated alkanes) is 10. The van der Waals surface area contributed by atoms with Crippen molar-refractivity contribution in [2.45, 2.75) is 163 Å². The van der Waals surface area contributed by atoms with Gasteiger partial charge in [-0.15, -0.1) is 0 Å². The van der Waals surface area contributed by atoms with Crippen molar-refractivity contribution in [3.05, 3.63) is 12.2 Å². The van der Waals surface area contributed by atoms with Crippen molar-refractivity contribution in [1.29, 1.82) is 0 Å². The van der Waals surface area contributed by atoms with Crippen molar-refractivity contribution in [2.75, 3.05) is 6.61 Å². The zero-order valence-corrected chi connectivity index (χ0v) is 24.1. The lowest BCUT2D eigenvalue weighted by atomic mass is 9.92. The van der Waals surface area contributed by atoms with E-state index in [1.54, 1.807) is 6.92 Å². The first-order valence-electron chi connectivity index (χ1n) is 15.2. The molecule has 2 heteroatoms. The number of ether oxygens (including phenoxy) is 1. The van der Waals surface area contributed by atoms with Crippen molar-refractivity contribution in [1.82, 2.24) is 0 Å². The van der Waals surface area contributed by atoms with Gasteiger partial charge < -0.3 is 4.74 Å². The minimum atomic E-state index is -0.223. The standard InChI is InChI=1S/C32H62O2/c1-7-9-11-15-21-29(5)23-17-13-14-18-25-31(27-34-32(33)28(3)4)26-20-19-24-30(6)22-16-12-10-8-2/h29-31H,3,7-27H2,1-2,4-6H3. The van der Waals surface area contributed by atoms with E-state index in [-0.39, 0.29) is 5.97 Å². The van der Waals surface area contributed by atoms with E-state index in [9.17, 15) is 4.79 Å². The van der Waals surface area contributed by atoms with Crippen molar-refractivity contribution in [3.63, 3.8) is 0 Å². The zero-order chi connectivity index (χ0) is 25.4. The summed E-state index contributed by atoms with van der Waals surface area (Å²) in [4.78, 5) is 11.9. The Balaban J connectivity index is 4.07. The molecule has 0 radical (unpaired) electrons. The summed E-state index contributed by atoms with van der Waals surface area (Å²) in [5, 5.41) is 0. The lowest BCUT2D eigenvalue weighted by molar-refractivity contribution is -0.140. The molecule has 34 heavy (non-hydrogen) atoms. The van der Waals surface area contributed by atoms with E-state index in [1.165, 1.54) is 128 Å². The molecule has 0 rings (SSSR count). The molecular formula is C32H62O2. The molecule has 0 aromatic heterocycles. The van der Waals surface area contributed by atoms with E-state index in [0.717, 1.165) is 11.8 Å². The van der Waals surface area contributed by atoms with Gasteiger partial charge in [-0.25, -0.2) is 4.79 Å². The minimum Gasteiger partial charge on any atom is -0.462 e. The zero-order valence-electron chi connectivity index (χ0n) is 24.1. The molecule has 0 amide bonds. The van der Waals surface area contributed by atoms with Crippen molar-refractivity contribution in [3.8, 4) is 0 Å². The Bertz CT molecular complexity index is 470. The quantitative estimate of drug-likeness (QED) is 0.0740. The summed E-state index contributed by atoms with van der Waals surface area (Å²) in [6.07, 6.45) is 26.9. The maximum Gasteiger partial charge on any atom is 0.333 e. The van der Waals surface area contributed by atoms with Crippen LogP contribution in [0.1, 0.15) is 163 Å². The number of carbonyl (C=O) groups excluding carboxylic acids is 1. The van der Waals surface area contributed by atoms with Crippen LogP contribution in [0.4, 0.5) is 0 Å². The van der Waals surface area contributed by atoms with Crippen LogP contribution in [0, 0.1) is 17.8 Å². The molecular weight excluding hydrogens is 416 g/mol. The first-order chi connectivity index (χ1) is 16.4. The van der Waals surface area contributed by atoms with E-state index in [1.807, 2.05) is 0 Å². The van der Waals surface area contributed by atoms with Gasteiger partial charge in [-0.1, -0.05) is 150 Å². The maximum absolute atomic E-state index is 11.9. The molecule has 0 heterocycles. The van der Waals surface area contributed by atoms with Crippen molar-refractivity contribution < 1.29 is 9.53 Å². The predicted molar refractivity (Wildman–Crippen MR) is 151 cm³/mol. The Labute approximate surface area is 215 Å². The average molecular weight is 479 g/mol. The molecule has 0 aromatic carbocycles. The summed E-state index contributed by atoms with van der Waals surface area (Å²) < 4.78 is 5.55. The van der Waals surface area contributed by atoms with Crippen LogP contribution in [0.2, 0.25) is 0 Å². The lowest BCUT2D eigenvalue weighted by Gasteiger charge is -2.18. The molecule has 0 N–H and O–H groups in total. The van der Waals surface area contributed by atoms with Crippen LogP contribution in [-0.4, -0.2) is 12.6 Å². The molecule has 0 fully saturated rings. The van der Waals surface area contributed by atoms with Crippen LogP contribution < -0.4 is 0 Å². The monoisotopic (exact) mass is 478 g/mol. The van der Waals surface area contributed by atoms with E-state index >= 15 is 0 Å². The molecule has 2 nitrogen and oxygen atoms in total. The summed E-state index contributed by atoms with van der Waals surface area (Å²) >= 11 is 0. The molecule has 0 aromatic rings. The first-order valence-corrected chi connectivity index (χ1v) is 15.2. The van der Waals surface area contributed by atoms with Crippen LogP contribution in [0.3, 0.4) is 0 Å². The number of esters is 1. The summed E-state index contributed by atoms with van der Waals surface area (Å²) in [5.74, 6) is 2.03. The van der Waals surface area contributed by atoms with Crippen molar-refractivity contribution >= 4 is 5.97 Å². The van der Waals surface area contributed by atoms with Crippen molar-refractivity contribution in [2.24, 2.45) is 17.8 Å². The summed E-state index contributed by atoms with van der Waals surface area (Å²) in [5.41, 5.74) is 0.513. The van der Waals surface area contributed by atoms with Gasteiger partial charge in [-0.2, -0.15) is 0 Å². The summed E-state index contributed by atoms with van der Waals surface area (Å²) in [7, 11) is 0. The van der Waals surface area contributed by atoms with Gasteiger partial charge in [0.1, 0.15) is 0 Å². The maximum atomic E-state index is 11.9. The highest BCUT2D eigenvalue weighted by Crippen LogP contribution is 2.23. The van der Waals surface area contributed by atoms with Gasteiger partial charge in [0.05, 0.1) is 6.61 Å². The van der Waals surface area contributed by atoms with E-state index in [2.05, 4.69) is 34.3 Å². The fourth-order valence-electron chi connectivity index (χ4n) is 4.96. The predicted octanol–water partition coefficient (Wildman–Crippen LogP) is 10.8. The second-order valence-corrected chi connectivity index (χ2v) is 11.4. The molecule has 0 aliphatic rings. The van der Waals surface area contributed by atoms with Gasteiger partial charge in [-0.05, 0) is 37.5 Å². The molecule has 0 saturated carbocycles. The Morgan fingerprint density at radius 2 is 0.971 bits per heavy atom. The first kappa shape index (κ1) is 33.2. The molecule has 0 spiro atoms. The lowest BCUT2D eigenvalue weighted by Crippen LogP contribution is -2.15. The van der Waals surface area contributed by atoms with E-state index < -0.39 is 0 Å². The fourth-order valence-corrected chi connectivity index (χ4v) is 4.96. The highest BCUT2D eigenvalue weighted by Gasteiger charge is 2.13. The molecule has 3 atom stereocenters. The molecule has 202 valence electrons. The Morgan fingerprint density at radius 3 is 1.38 bits per heavy atom. The SMILES string of the molecule is C=C(C)C(=O)OCC(CCCCCCC(C)CCCCCC)CCCCC(C)CCCCCC. The molecule has 0 aliphatic heterocycles. The molecule has 0 bridgehead atoms. The van der Waals surface area contributed by atoms with Gasteiger partial charge in [0.2, 0.25) is 0 Å². The Kier molecular flexibility index (Phi) is 23.4. The Morgan fingerprint density at radius 1 is 0.618 bits per heavy atom. The van der Waals surface area contributed by atoms with Gasteiger partial charge in [0, 0.05) is 5.57 Å². The topological polar surface area (TPSA) is 26.3 Å². The normalized spacial score (nSPS) is 14.0. The van der Waals surface area contributed by atoms with E-state index in [0.29, 0.717) is 18.1 Å². The summed E-state index contributed by atoms with van der Waals surface area (Å²) in [6.45, 7) is 15.5. The van der Waals surface area contributed by atoms with Gasteiger partial charge >= 0.3 is 5.97 Å². The largest absolute Gasteiger partial charge is 0.462 e. The third-order valence-corrected chi connectivity index (χ3v) is 7.52. The average Bonchev–Trinajstić information content (AvgIpc) is 2.81. The minimum absolute atomic E-state index is 0.223. The number of rotatable bonds is 25. The third-order valence-electron chi connectivity index (χ3n) is 7.52. The fraction of sp³-hybridized carbons (Fsp3) is 0.906. The highest BCUT2D eigenvalue weighted by atomic mass is 16.5. The second kappa shape index (κ2) is 23.9.